The van der Waals surface area contributed by atoms with Gasteiger partial charge in [0.15, 0.2) is 11.7 Å². The number of hydrogen-bond acceptors (Lipinski definition) is 4. The molecule has 0 N–H and O–H groups in total. The van der Waals surface area contributed by atoms with Gasteiger partial charge in [-0.2, -0.15) is 0 Å². The van der Waals surface area contributed by atoms with Gasteiger partial charge in [-0.15, -0.1) is 0 Å². The highest BCUT2D eigenvalue weighted by Gasteiger charge is 2.10. The molecule has 0 unspecified atom stereocenters. The molecule has 136 valence electrons. The highest BCUT2D eigenvalue weighted by Crippen LogP contribution is 2.21. The second-order valence-electron chi connectivity index (χ2n) is 5.04. The van der Waals surface area contributed by atoms with Gasteiger partial charge in [-0.25, -0.2) is 13.6 Å². The van der Waals surface area contributed by atoms with E-state index >= 15 is 0 Å². The van der Waals surface area contributed by atoms with Gasteiger partial charge >= 0.3 is 5.97 Å². The van der Waals surface area contributed by atoms with Crippen LogP contribution in [0.25, 0.3) is 0 Å². The maximum absolute atomic E-state index is 14.1. The molecule has 0 bridgehead atoms. The number of halogens is 2. The molecule has 0 aromatic carbocycles. The molecular weight excluding hydrogens is 330 g/mol. The first kappa shape index (κ1) is 22.2. The van der Waals surface area contributed by atoms with E-state index in [0.29, 0.717) is 5.57 Å². The van der Waals surface area contributed by atoms with E-state index in [9.17, 15) is 18.4 Å². The number of rotatable bonds is 9. The first-order valence-electron chi connectivity index (χ1n) is 7.43. The summed E-state index contributed by atoms with van der Waals surface area (Å²) in [7, 11) is 0. The summed E-state index contributed by atoms with van der Waals surface area (Å²) in [6, 6.07) is 0. The van der Waals surface area contributed by atoms with Crippen molar-refractivity contribution in [2.24, 2.45) is 0 Å². The van der Waals surface area contributed by atoms with E-state index in [1.165, 1.54) is 26.8 Å². The Hall–Kier alpha value is -2.76. The second kappa shape index (κ2) is 10.9. The van der Waals surface area contributed by atoms with Crippen molar-refractivity contribution in [1.82, 2.24) is 0 Å². The topological polar surface area (TPSA) is 52.6 Å². The van der Waals surface area contributed by atoms with Crippen molar-refractivity contribution in [3.05, 3.63) is 71.3 Å². The molecule has 0 fully saturated rings. The van der Waals surface area contributed by atoms with E-state index in [1.807, 2.05) is 0 Å². The number of carbonyl (C=O) groups excluding carboxylic acids is 2. The van der Waals surface area contributed by atoms with Crippen LogP contribution in [0.1, 0.15) is 34.1 Å². The van der Waals surface area contributed by atoms with Gasteiger partial charge in [0.1, 0.15) is 11.5 Å². The molecule has 0 amide bonds. The molecule has 25 heavy (non-hydrogen) atoms. The average Bonchev–Trinajstić information content (AvgIpc) is 2.56. The Morgan fingerprint density at radius 2 is 1.72 bits per heavy atom. The fraction of sp³-hybridized carbons (Fsp3) is 0.263. The zero-order chi connectivity index (χ0) is 19.6. The molecule has 0 radical (unpaired) electrons. The number of hydrogen-bond donors (Lipinski definition) is 0. The third kappa shape index (κ3) is 7.56. The maximum atomic E-state index is 14.1. The zero-order valence-corrected chi connectivity index (χ0v) is 14.8. The number of allylic oxidation sites excluding steroid dienone is 9. The standard InChI is InChI=1S/C19H22F2O4/c1-7-15(10-16(20)14(6)25-19(23)12(3)4)13(5)9-17(21)18(8-2)24-11-22/h7,9-11H,1,3,8H2,2,4-6H3/b13-9+,15-10+,16-14-,18-17-. The van der Waals surface area contributed by atoms with Gasteiger partial charge in [0.2, 0.25) is 0 Å². The Bertz CT molecular complexity index is 680. The molecule has 0 aliphatic rings. The van der Waals surface area contributed by atoms with E-state index in [2.05, 4.69) is 17.9 Å². The minimum atomic E-state index is -0.818. The smallest absolute Gasteiger partial charge is 0.338 e. The molecule has 6 heteroatoms. The summed E-state index contributed by atoms with van der Waals surface area (Å²) in [4.78, 5) is 21.7. The fourth-order valence-electron chi connectivity index (χ4n) is 1.57. The monoisotopic (exact) mass is 352 g/mol. The van der Waals surface area contributed by atoms with Gasteiger partial charge in [-0.3, -0.25) is 4.79 Å². The first-order valence-corrected chi connectivity index (χ1v) is 7.43. The molecule has 0 rings (SSSR count). The largest absolute Gasteiger partial charge is 0.430 e. The van der Waals surface area contributed by atoms with Gasteiger partial charge in [0.25, 0.3) is 6.47 Å². The highest BCUT2D eigenvalue weighted by molar-refractivity contribution is 5.87. The zero-order valence-electron chi connectivity index (χ0n) is 14.8. The summed E-state index contributed by atoms with van der Waals surface area (Å²) >= 11 is 0. The van der Waals surface area contributed by atoms with Crippen LogP contribution in [-0.2, 0) is 19.1 Å². The van der Waals surface area contributed by atoms with E-state index in [-0.39, 0.29) is 35.6 Å². The van der Waals surface area contributed by atoms with Crippen LogP contribution in [0.3, 0.4) is 0 Å². The Morgan fingerprint density at radius 1 is 1.12 bits per heavy atom. The molecular formula is C19H22F2O4. The number of carbonyl (C=O) groups is 2. The summed E-state index contributed by atoms with van der Waals surface area (Å²) in [5.74, 6) is -2.72. The SMILES string of the molecule is C=CC(=C\C(F)=C(/C)OC(=O)C(=C)C)/C(C)=C/C(F)=C(\CC)OC=O. The normalized spacial score (nSPS) is 14.2. The van der Waals surface area contributed by atoms with Crippen molar-refractivity contribution in [2.75, 3.05) is 0 Å². The highest BCUT2D eigenvalue weighted by atomic mass is 19.1. The molecule has 4 nitrogen and oxygen atoms in total. The Morgan fingerprint density at radius 3 is 2.16 bits per heavy atom. The van der Waals surface area contributed by atoms with Gasteiger partial charge in [-0.1, -0.05) is 26.2 Å². The van der Waals surface area contributed by atoms with Crippen LogP contribution in [-0.4, -0.2) is 12.4 Å². The van der Waals surface area contributed by atoms with Gasteiger partial charge in [0, 0.05) is 12.0 Å². The molecule has 0 aromatic heterocycles. The van der Waals surface area contributed by atoms with E-state index in [1.54, 1.807) is 6.92 Å². The molecule has 0 aliphatic carbocycles. The lowest BCUT2D eigenvalue weighted by Crippen LogP contribution is -2.04. The van der Waals surface area contributed by atoms with Gasteiger partial charge < -0.3 is 9.47 Å². The lowest BCUT2D eigenvalue weighted by Gasteiger charge is -2.07. The Labute approximate surface area is 146 Å². The number of esters is 1. The molecule has 0 saturated carbocycles. The summed E-state index contributed by atoms with van der Waals surface area (Å²) in [6.07, 6.45) is 3.64. The summed E-state index contributed by atoms with van der Waals surface area (Å²) in [5.41, 5.74) is 0.729. The predicted octanol–water partition coefficient (Wildman–Crippen LogP) is 5.13. The molecule has 0 aliphatic heterocycles. The minimum Gasteiger partial charge on any atom is -0.430 e. The molecule has 0 saturated heterocycles. The quantitative estimate of drug-likeness (QED) is 0.190. The average molecular weight is 352 g/mol. The van der Waals surface area contributed by atoms with E-state index in [4.69, 9.17) is 4.74 Å². The van der Waals surface area contributed by atoms with Gasteiger partial charge in [0.05, 0.1) is 0 Å². The van der Waals surface area contributed by atoms with Crippen LogP contribution in [0.4, 0.5) is 8.78 Å². The summed E-state index contributed by atoms with van der Waals surface area (Å²) in [6.45, 7) is 12.9. The van der Waals surface area contributed by atoms with Crippen LogP contribution < -0.4 is 0 Å². The van der Waals surface area contributed by atoms with Crippen LogP contribution in [0.5, 0.6) is 0 Å². The number of ether oxygens (including phenoxy) is 2. The van der Waals surface area contributed by atoms with Crippen LogP contribution in [0.15, 0.2) is 71.3 Å². The van der Waals surface area contributed by atoms with Crippen LogP contribution >= 0.6 is 0 Å². The van der Waals surface area contributed by atoms with Crippen molar-refractivity contribution in [3.8, 4) is 0 Å². The molecule has 0 aromatic rings. The molecule has 0 atom stereocenters. The van der Waals surface area contributed by atoms with Crippen LogP contribution in [0, 0.1) is 0 Å². The van der Waals surface area contributed by atoms with Gasteiger partial charge in [-0.05, 0) is 44.1 Å². The lowest BCUT2D eigenvalue weighted by atomic mass is 10.1. The molecule has 0 spiro atoms. The molecule has 0 heterocycles. The van der Waals surface area contributed by atoms with Crippen molar-refractivity contribution in [3.63, 3.8) is 0 Å². The summed E-state index contributed by atoms with van der Waals surface area (Å²) in [5, 5.41) is 0. The third-order valence-corrected chi connectivity index (χ3v) is 3.01. The van der Waals surface area contributed by atoms with Crippen molar-refractivity contribution in [1.29, 1.82) is 0 Å². The van der Waals surface area contributed by atoms with E-state index < -0.39 is 17.6 Å². The second-order valence-corrected chi connectivity index (χ2v) is 5.04. The minimum absolute atomic E-state index is 0.130. The fourth-order valence-corrected chi connectivity index (χ4v) is 1.57. The Balaban J connectivity index is 5.69. The van der Waals surface area contributed by atoms with E-state index in [0.717, 1.165) is 12.2 Å². The first-order chi connectivity index (χ1) is 11.7. The lowest BCUT2D eigenvalue weighted by molar-refractivity contribution is -0.135. The predicted molar refractivity (Wildman–Crippen MR) is 92.3 cm³/mol. The van der Waals surface area contributed by atoms with Crippen molar-refractivity contribution >= 4 is 12.4 Å². The van der Waals surface area contributed by atoms with Crippen molar-refractivity contribution in [2.45, 2.75) is 34.1 Å². The van der Waals surface area contributed by atoms with Crippen LogP contribution in [0.2, 0.25) is 0 Å². The Kier molecular flexibility index (Phi) is 9.71. The van der Waals surface area contributed by atoms with Crippen molar-refractivity contribution < 1.29 is 27.8 Å². The third-order valence-electron chi connectivity index (χ3n) is 3.01. The summed E-state index contributed by atoms with van der Waals surface area (Å²) < 4.78 is 37.5. The maximum Gasteiger partial charge on any atom is 0.338 e.